The Kier molecular flexibility index (Phi) is 12.4. The maximum absolute atomic E-state index is 13.8. The summed E-state index contributed by atoms with van der Waals surface area (Å²) in [5.41, 5.74) is 2.89. The van der Waals surface area contributed by atoms with Gasteiger partial charge >= 0.3 is 12.1 Å². The topological polar surface area (TPSA) is 132 Å². The molecule has 0 aromatic heterocycles. The number of benzene rings is 2. The number of hydrogen-bond acceptors (Lipinski definition) is 5. The number of carbonyl (C=O) groups excluding carboxylic acids is 4. The number of piperidine rings is 1. The smallest absolute Gasteiger partial charge is 0.318 e. The van der Waals surface area contributed by atoms with Gasteiger partial charge in [0.15, 0.2) is 0 Å². The van der Waals surface area contributed by atoms with Crippen LogP contribution in [0, 0.1) is 24.7 Å². The standard InChI is InChI=1S/C24H29F2N3O2.C23H27F2N3O3/c1-3-24(11-12-24)28-20(30)19(15-22(2,25)26)27-21(31)29-14-13-23(16-29)10-6-8-17-7-4-5-9-18(17)23;1-3-22(8-9-22)27-19(29)18(14-21(2,24)25)26-20(30)28-12-10-23(11-13-28)17-7-5-4-6-16(17)15-31-23/h1,4-5,7,9,19H,6,8,10-16H2,2H3,(H,27,31)(H,28,30);1,4-7,18H,8-15H2,2H3,(H,26,30)(H,27,29)/t19-,23?;18-/m00/s1. The van der Waals surface area contributed by atoms with Crippen molar-refractivity contribution in [2.45, 2.75) is 144 Å². The molecule has 3 heterocycles. The Labute approximate surface area is 360 Å². The van der Waals surface area contributed by atoms with Crippen LogP contribution < -0.4 is 21.3 Å². The van der Waals surface area contributed by atoms with Gasteiger partial charge in [-0.25, -0.2) is 27.2 Å². The van der Waals surface area contributed by atoms with Crippen LogP contribution in [0.2, 0.25) is 0 Å². The van der Waals surface area contributed by atoms with E-state index in [1.165, 1.54) is 11.1 Å². The molecule has 0 radical (unpaired) electrons. The lowest BCUT2D eigenvalue weighted by atomic mass is 9.69. The first-order valence-electron chi connectivity index (χ1n) is 21.6. The molecular weight excluding hydrogens is 805 g/mol. The number of aryl methyl sites for hydroxylation is 1. The second-order valence-electron chi connectivity index (χ2n) is 18.4. The highest BCUT2D eigenvalue weighted by Crippen LogP contribution is 2.45. The van der Waals surface area contributed by atoms with Crippen LogP contribution in [0.3, 0.4) is 0 Å². The molecule has 2 aromatic rings. The van der Waals surface area contributed by atoms with Crippen molar-refractivity contribution in [3.05, 3.63) is 70.8 Å². The number of likely N-dealkylation sites (tertiary alicyclic amines) is 2. The molecular formula is C47H56F4N6O5. The van der Waals surface area contributed by atoms with E-state index in [9.17, 15) is 36.7 Å². The molecule has 2 spiro atoms. The normalized spacial score (nSPS) is 23.2. The van der Waals surface area contributed by atoms with Crippen molar-refractivity contribution in [2.75, 3.05) is 26.2 Å². The average Bonchev–Trinajstić information content (AvgIpc) is 4.12. The number of nitrogens with one attached hydrogen (secondary N) is 4. The number of hydrogen-bond donors (Lipinski definition) is 4. The third-order valence-electron chi connectivity index (χ3n) is 13.3. The van der Waals surface area contributed by atoms with Gasteiger partial charge in [-0.1, -0.05) is 60.4 Å². The maximum atomic E-state index is 13.8. The van der Waals surface area contributed by atoms with Crippen LogP contribution in [0.5, 0.6) is 0 Å². The summed E-state index contributed by atoms with van der Waals surface area (Å²) in [6.45, 7) is 3.90. The van der Waals surface area contributed by atoms with Crippen molar-refractivity contribution in [2.24, 2.45) is 0 Å². The third-order valence-corrected chi connectivity index (χ3v) is 13.3. The van der Waals surface area contributed by atoms with Crippen LogP contribution in [0.15, 0.2) is 48.5 Å². The fourth-order valence-corrected chi connectivity index (χ4v) is 9.47. The molecule has 15 heteroatoms. The van der Waals surface area contributed by atoms with Gasteiger partial charge in [0, 0.05) is 44.4 Å². The lowest BCUT2D eigenvalue weighted by Crippen LogP contribution is -2.56. The Morgan fingerprint density at radius 3 is 1.69 bits per heavy atom. The summed E-state index contributed by atoms with van der Waals surface area (Å²) in [5, 5.41) is 10.4. The summed E-state index contributed by atoms with van der Waals surface area (Å²) in [7, 11) is 0. The van der Waals surface area contributed by atoms with Gasteiger partial charge in [-0.05, 0) is 100 Å². The molecule has 62 heavy (non-hydrogen) atoms. The SMILES string of the molecule is C#CC1(NC(=O)[C@H](CC(C)(F)F)NC(=O)N2CCC3(CC2)OCc2ccccc23)CC1.C#CC1(NC(=O)[C@H](CC(C)(F)F)NC(=O)N2CCC3(CCCc4ccccc43)C2)CC1. The van der Waals surface area contributed by atoms with Gasteiger partial charge in [-0.15, -0.1) is 12.8 Å². The van der Waals surface area contributed by atoms with Crippen molar-refractivity contribution in [1.82, 2.24) is 31.1 Å². The van der Waals surface area contributed by atoms with E-state index in [2.05, 4.69) is 51.3 Å². The molecule has 2 aromatic carbocycles. The second-order valence-corrected chi connectivity index (χ2v) is 18.4. The maximum Gasteiger partial charge on any atom is 0.318 e. The molecule has 6 amide bonds. The molecule has 2 saturated heterocycles. The second kappa shape index (κ2) is 17.1. The van der Waals surface area contributed by atoms with E-state index in [1.54, 1.807) is 9.80 Å². The number of carbonyl (C=O) groups is 4. The van der Waals surface area contributed by atoms with Crippen molar-refractivity contribution < 1.29 is 41.5 Å². The van der Waals surface area contributed by atoms with Gasteiger partial charge in [0.1, 0.15) is 23.2 Å². The number of amides is 6. The van der Waals surface area contributed by atoms with Gasteiger partial charge in [0.05, 0.1) is 12.2 Å². The summed E-state index contributed by atoms with van der Waals surface area (Å²) in [6.07, 6.45) is 16.9. The molecule has 4 N–H and O–H groups in total. The number of ether oxygens (including phenoxy) is 1. The quantitative estimate of drug-likeness (QED) is 0.165. The van der Waals surface area contributed by atoms with Gasteiger partial charge < -0.3 is 35.8 Å². The summed E-state index contributed by atoms with van der Waals surface area (Å²) in [5.74, 6) is -2.53. The van der Waals surface area contributed by atoms with Gasteiger partial charge in [0.2, 0.25) is 23.7 Å². The molecule has 3 atom stereocenters. The van der Waals surface area contributed by atoms with Crippen LogP contribution >= 0.6 is 0 Å². The molecule has 3 aliphatic carbocycles. The number of halogens is 4. The highest BCUT2D eigenvalue weighted by atomic mass is 19.3. The summed E-state index contributed by atoms with van der Waals surface area (Å²) >= 11 is 0. The minimum Gasteiger partial charge on any atom is -0.365 e. The first kappa shape index (κ1) is 44.8. The molecule has 4 fully saturated rings. The number of rotatable bonds is 10. The molecule has 8 rings (SSSR count). The van der Waals surface area contributed by atoms with Crippen LogP contribution in [0.1, 0.15) is 107 Å². The van der Waals surface area contributed by atoms with Gasteiger partial charge in [0.25, 0.3) is 0 Å². The first-order chi connectivity index (χ1) is 29.3. The van der Waals surface area contributed by atoms with Crippen molar-refractivity contribution in [3.63, 3.8) is 0 Å². The molecule has 3 aliphatic heterocycles. The Balaban J connectivity index is 0.000000186. The summed E-state index contributed by atoms with van der Waals surface area (Å²) in [6, 6.07) is 12.7. The molecule has 0 bridgehead atoms. The fraction of sp³-hybridized carbons (Fsp3) is 0.574. The van der Waals surface area contributed by atoms with E-state index < -0.39 is 77.3 Å². The highest BCUT2D eigenvalue weighted by Gasteiger charge is 2.48. The lowest BCUT2D eigenvalue weighted by molar-refractivity contribution is -0.126. The van der Waals surface area contributed by atoms with E-state index in [4.69, 9.17) is 17.6 Å². The predicted octanol–water partition coefficient (Wildman–Crippen LogP) is 6.29. The minimum atomic E-state index is -3.12. The number of terminal acetylenes is 2. The van der Waals surface area contributed by atoms with Crippen LogP contribution in [0.4, 0.5) is 27.2 Å². The molecule has 332 valence electrons. The predicted molar refractivity (Wildman–Crippen MR) is 224 cm³/mol. The van der Waals surface area contributed by atoms with Crippen LogP contribution in [-0.2, 0) is 38.4 Å². The van der Waals surface area contributed by atoms with E-state index in [1.807, 2.05) is 30.3 Å². The molecule has 2 saturated carbocycles. The monoisotopic (exact) mass is 860 g/mol. The van der Waals surface area contributed by atoms with Gasteiger partial charge in [-0.3, -0.25) is 9.59 Å². The lowest BCUT2D eigenvalue weighted by Gasteiger charge is -2.39. The average molecular weight is 861 g/mol. The fourth-order valence-electron chi connectivity index (χ4n) is 9.47. The van der Waals surface area contributed by atoms with Crippen molar-refractivity contribution in [3.8, 4) is 24.7 Å². The molecule has 11 nitrogen and oxygen atoms in total. The zero-order valence-corrected chi connectivity index (χ0v) is 35.4. The minimum absolute atomic E-state index is 0.0971. The van der Waals surface area contributed by atoms with Crippen LogP contribution in [-0.4, -0.2) is 94.9 Å². The van der Waals surface area contributed by atoms with Gasteiger partial charge in [-0.2, -0.15) is 0 Å². The summed E-state index contributed by atoms with van der Waals surface area (Å²) in [4.78, 5) is 54.3. The zero-order valence-electron chi connectivity index (χ0n) is 35.4. The Bertz CT molecular complexity index is 2120. The van der Waals surface area contributed by atoms with Crippen LogP contribution in [0.25, 0.3) is 0 Å². The molecule has 6 aliphatic rings. The number of alkyl halides is 4. The zero-order chi connectivity index (χ0) is 44.6. The van der Waals surface area contributed by atoms with E-state index in [-0.39, 0.29) is 5.41 Å². The number of nitrogens with zero attached hydrogens (tertiary/aromatic N) is 2. The Morgan fingerprint density at radius 2 is 1.18 bits per heavy atom. The number of fused-ring (bicyclic) bond motifs is 4. The largest absolute Gasteiger partial charge is 0.365 e. The first-order valence-corrected chi connectivity index (χ1v) is 21.6. The van der Waals surface area contributed by atoms with E-state index in [0.29, 0.717) is 71.3 Å². The summed E-state index contributed by atoms with van der Waals surface area (Å²) < 4.78 is 61.0. The molecule has 1 unspecified atom stereocenters. The number of urea groups is 2. The Hall–Kier alpha value is -5.28. The third kappa shape index (κ3) is 10.2. The van der Waals surface area contributed by atoms with E-state index >= 15 is 0 Å². The highest BCUT2D eigenvalue weighted by molar-refractivity contribution is 5.89. The van der Waals surface area contributed by atoms with Crippen molar-refractivity contribution >= 4 is 23.9 Å². The Morgan fingerprint density at radius 1 is 0.694 bits per heavy atom. The van der Waals surface area contributed by atoms with Crippen molar-refractivity contribution in [1.29, 1.82) is 0 Å². The van der Waals surface area contributed by atoms with E-state index in [0.717, 1.165) is 50.7 Å².